The summed E-state index contributed by atoms with van der Waals surface area (Å²) in [5.74, 6) is -6.84. The Hall–Kier alpha value is -1.82. The molecular formula is C13H7ClF5N. The van der Waals surface area contributed by atoms with Crippen molar-refractivity contribution in [3.63, 3.8) is 0 Å². The number of anilines is 1. The molecule has 0 fully saturated rings. The Morgan fingerprint density at radius 1 is 0.850 bits per heavy atom. The standard InChI is InChI=1S/C13H7ClF5N/c14-7-2-1-6(3-8(7)15)5-20-13-11(18)9(16)4-10(17)12(13)19/h1-4,20H,5H2. The molecule has 0 aromatic heterocycles. The van der Waals surface area contributed by atoms with E-state index in [1.807, 2.05) is 0 Å². The molecule has 1 nitrogen and oxygen atoms in total. The molecule has 2 rings (SSSR count). The molecule has 0 amide bonds. The van der Waals surface area contributed by atoms with Crippen molar-refractivity contribution < 1.29 is 22.0 Å². The van der Waals surface area contributed by atoms with Crippen LogP contribution in [0.4, 0.5) is 27.6 Å². The summed E-state index contributed by atoms with van der Waals surface area (Å²) >= 11 is 5.48. The number of benzene rings is 2. The average molecular weight is 308 g/mol. The number of hydrogen-bond donors (Lipinski definition) is 1. The molecule has 0 unspecified atom stereocenters. The lowest BCUT2D eigenvalue weighted by atomic mass is 10.2. The maximum absolute atomic E-state index is 13.3. The second kappa shape index (κ2) is 5.66. The zero-order valence-corrected chi connectivity index (χ0v) is 10.5. The van der Waals surface area contributed by atoms with E-state index in [1.54, 1.807) is 0 Å². The van der Waals surface area contributed by atoms with Gasteiger partial charge in [0.05, 0.1) is 5.02 Å². The molecule has 1 N–H and O–H groups in total. The van der Waals surface area contributed by atoms with Crippen LogP contribution in [0.25, 0.3) is 0 Å². The molecule has 0 bridgehead atoms. The third-order valence-corrected chi connectivity index (χ3v) is 2.87. The highest BCUT2D eigenvalue weighted by Crippen LogP contribution is 2.25. The Labute approximate surface area is 116 Å². The second-order valence-electron chi connectivity index (χ2n) is 3.95. The van der Waals surface area contributed by atoms with Gasteiger partial charge in [-0.1, -0.05) is 17.7 Å². The van der Waals surface area contributed by atoms with Crippen LogP contribution in [0.3, 0.4) is 0 Å². The molecule has 0 atom stereocenters. The van der Waals surface area contributed by atoms with E-state index >= 15 is 0 Å². The third-order valence-electron chi connectivity index (χ3n) is 2.57. The Kier molecular flexibility index (Phi) is 4.13. The Bertz CT molecular complexity index is 633. The van der Waals surface area contributed by atoms with Crippen LogP contribution in [0.1, 0.15) is 5.56 Å². The van der Waals surface area contributed by atoms with Crippen molar-refractivity contribution in [3.8, 4) is 0 Å². The molecule has 20 heavy (non-hydrogen) atoms. The smallest absolute Gasteiger partial charge is 0.185 e. The van der Waals surface area contributed by atoms with E-state index in [1.165, 1.54) is 12.1 Å². The van der Waals surface area contributed by atoms with Gasteiger partial charge >= 0.3 is 0 Å². The van der Waals surface area contributed by atoms with Gasteiger partial charge in [0.25, 0.3) is 0 Å². The summed E-state index contributed by atoms with van der Waals surface area (Å²) in [5, 5.41) is 2.08. The Morgan fingerprint density at radius 2 is 1.45 bits per heavy atom. The Morgan fingerprint density at radius 3 is 2.00 bits per heavy atom. The molecule has 2 aromatic rings. The number of nitrogens with one attached hydrogen (secondary N) is 1. The molecule has 0 aliphatic carbocycles. The predicted molar refractivity (Wildman–Crippen MR) is 65.0 cm³/mol. The van der Waals surface area contributed by atoms with E-state index < -0.39 is 34.8 Å². The minimum absolute atomic E-state index is 0.108. The molecule has 0 heterocycles. The van der Waals surface area contributed by atoms with Crippen LogP contribution < -0.4 is 5.32 Å². The Balaban J connectivity index is 2.25. The first kappa shape index (κ1) is 14.6. The molecule has 106 valence electrons. The van der Waals surface area contributed by atoms with Crippen molar-refractivity contribution in [1.29, 1.82) is 0 Å². The van der Waals surface area contributed by atoms with Crippen LogP contribution in [0.5, 0.6) is 0 Å². The van der Waals surface area contributed by atoms with Crippen molar-refractivity contribution >= 4 is 17.3 Å². The van der Waals surface area contributed by atoms with Gasteiger partial charge in [0.2, 0.25) is 0 Å². The summed E-state index contributed by atoms with van der Waals surface area (Å²) in [5.41, 5.74) is -0.645. The van der Waals surface area contributed by atoms with E-state index in [0.717, 1.165) is 6.07 Å². The average Bonchev–Trinajstić information content (AvgIpc) is 2.40. The summed E-state index contributed by atoms with van der Waals surface area (Å²) in [7, 11) is 0. The third kappa shape index (κ3) is 2.85. The molecule has 0 aliphatic rings. The van der Waals surface area contributed by atoms with Gasteiger partial charge in [-0.05, 0) is 17.7 Å². The summed E-state index contributed by atoms with van der Waals surface area (Å²) in [6.45, 7) is -0.231. The van der Waals surface area contributed by atoms with Gasteiger partial charge < -0.3 is 5.32 Å². The minimum atomic E-state index is -1.54. The van der Waals surface area contributed by atoms with E-state index in [2.05, 4.69) is 5.32 Å². The van der Waals surface area contributed by atoms with Crippen LogP contribution in [0.15, 0.2) is 24.3 Å². The first-order chi connectivity index (χ1) is 9.40. The summed E-state index contributed by atoms with van der Waals surface area (Å²) in [6, 6.07) is 3.81. The number of rotatable bonds is 3. The van der Waals surface area contributed by atoms with Gasteiger partial charge in [-0.25, -0.2) is 22.0 Å². The quantitative estimate of drug-likeness (QED) is 0.643. The normalized spacial score (nSPS) is 10.7. The van der Waals surface area contributed by atoms with Gasteiger partial charge in [0.15, 0.2) is 23.3 Å². The van der Waals surface area contributed by atoms with Crippen LogP contribution >= 0.6 is 11.6 Å². The van der Waals surface area contributed by atoms with Gasteiger partial charge in [-0.3, -0.25) is 0 Å². The lowest BCUT2D eigenvalue weighted by Gasteiger charge is -2.10. The number of hydrogen-bond acceptors (Lipinski definition) is 1. The number of halogens is 6. The molecule has 0 saturated carbocycles. The lowest BCUT2D eigenvalue weighted by Crippen LogP contribution is -2.07. The maximum atomic E-state index is 13.3. The largest absolute Gasteiger partial charge is 0.376 e. The van der Waals surface area contributed by atoms with Gasteiger partial charge in [0.1, 0.15) is 11.5 Å². The fourth-order valence-corrected chi connectivity index (χ4v) is 1.69. The molecule has 7 heteroatoms. The zero-order valence-electron chi connectivity index (χ0n) is 9.78. The highest BCUT2D eigenvalue weighted by Gasteiger charge is 2.18. The van der Waals surface area contributed by atoms with Crippen molar-refractivity contribution in [2.45, 2.75) is 6.54 Å². The summed E-state index contributed by atoms with van der Waals surface area (Å²) in [4.78, 5) is 0. The first-order valence-corrected chi connectivity index (χ1v) is 5.78. The topological polar surface area (TPSA) is 12.0 Å². The molecule has 0 spiro atoms. The van der Waals surface area contributed by atoms with E-state index in [4.69, 9.17) is 11.6 Å². The van der Waals surface area contributed by atoms with Crippen LogP contribution in [-0.2, 0) is 6.54 Å². The van der Waals surface area contributed by atoms with Crippen LogP contribution in [-0.4, -0.2) is 0 Å². The zero-order chi connectivity index (χ0) is 14.9. The van der Waals surface area contributed by atoms with Crippen molar-refractivity contribution in [1.82, 2.24) is 0 Å². The van der Waals surface area contributed by atoms with Crippen LogP contribution in [0, 0.1) is 29.1 Å². The van der Waals surface area contributed by atoms with E-state index in [-0.39, 0.29) is 17.6 Å². The van der Waals surface area contributed by atoms with Gasteiger partial charge in [-0.2, -0.15) is 0 Å². The predicted octanol–water partition coefficient (Wildman–Crippen LogP) is 4.65. The molecule has 2 aromatic carbocycles. The van der Waals surface area contributed by atoms with Crippen LogP contribution in [0.2, 0.25) is 5.02 Å². The van der Waals surface area contributed by atoms with Crippen molar-refractivity contribution in [3.05, 3.63) is 63.9 Å². The SMILES string of the molecule is Fc1cc(CNc2c(F)c(F)cc(F)c2F)ccc1Cl. The monoisotopic (exact) mass is 307 g/mol. The molecular weight excluding hydrogens is 301 g/mol. The lowest BCUT2D eigenvalue weighted by molar-refractivity contribution is 0.458. The summed E-state index contributed by atoms with van der Waals surface area (Å²) in [6.07, 6.45) is 0. The second-order valence-corrected chi connectivity index (χ2v) is 4.35. The fourth-order valence-electron chi connectivity index (χ4n) is 1.57. The van der Waals surface area contributed by atoms with E-state index in [0.29, 0.717) is 5.56 Å². The fraction of sp³-hybridized carbons (Fsp3) is 0.0769. The van der Waals surface area contributed by atoms with Gasteiger partial charge in [-0.15, -0.1) is 0 Å². The van der Waals surface area contributed by atoms with E-state index in [9.17, 15) is 22.0 Å². The first-order valence-electron chi connectivity index (χ1n) is 5.41. The van der Waals surface area contributed by atoms with Crippen molar-refractivity contribution in [2.75, 3.05) is 5.32 Å². The van der Waals surface area contributed by atoms with Gasteiger partial charge in [0, 0.05) is 12.6 Å². The van der Waals surface area contributed by atoms with Crippen molar-refractivity contribution in [2.24, 2.45) is 0 Å². The summed E-state index contributed by atoms with van der Waals surface area (Å²) < 4.78 is 65.8. The molecule has 0 saturated heterocycles. The molecule has 0 radical (unpaired) electrons. The highest BCUT2D eigenvalue weighted by molar-refractivity contribution is 6.30. The highest BCUT2D eigenvalue weighted by atomic mass is 35.5. The maximum Gasteiger partial charge on any atom is 0.185 e. The molecule has 0 aliphatic heterocycles. The minimum Gasteiger partial charge on any atom is -0.376 e.